The molecule has 0 aliphatic carbocycles. The molecule has 2 aromatic rings. The average molecular weight is 292 g/mol. The van der Waals surface area contributed by atoms with E-state index in [1.807, 2.05) is 0 Å². The second kappa shape index (κ2) is 5.32. The van der Waals surface area contributed by atoms with E-state index in [1.165, 1.54) is 12.1 Å². The van der Waals surface area contributed by atoms with E-state index in [9.17, 15) is 14.9 Å². The SMILES string of the molecule is O=C(Nc1nnc(C2CCCN2)o1)c1ccc([N+](=O)[O-])[nH]1. The molecule has 0 spiro atoms. The molecule has 1 saturated heterocycles. The van der Waals surface area contributed by atoms with Crippen molar-refractivity contribution in [2.75, 3.05) is 11.9 Å². The molecule has 10 nitrogen and oxygen atoms in total. The van der Waals surface area contributed by atoms with Crippen LogP contribution in [0.1, 0.15) is 35.3 Å². The molecule has 0 radical (unpaired) electrons. The van der Waals surface area contributed by atoms with E-state index in [1.54, 1.807) is 0 Å². The van der Waals surface area contributed by atoms with Gasteiger partial charge in [0.1, 0.15) is 0 Å². The van der Waals surface area contributed by atoms with Crippen LogP contribution in [-0.4, -0.2) is 32.6 Å². The number of carbonyl (C=O) groups is 1. The standard InChI is InChI=1S/C11H12N6O4/c18-9(6-3-4-8(13-6)17(19)20)14-11-16-15-10(21-11)7-2-1-5-12-7/h3-4,7,12-13H,1-2,5H2,(H,14,16,18). The highest BCUT2D eigenvalue weighted by Crippen LogP contribution is 2.23. The Morgan fingerprint density at radius 1 is 1.48 bits per heavy atom. The van der Waals surface area contributed by atoms with Gasteiger partial charge in [-0.25, -0.2) is 4.98 Å². The third-order valence-electron chi connectivity index (χ3n) is 3.13. The van der Waals surface area contributed by atoms with Gasteiger partial charge in [0, 0.05) is 6.07 Å². The number of aromatic amines is 1. The lowest BCUT2D eigenvalue weighted by Gasteiger charge is -2.02. The van der Waals surface area contributed by atoms with Crippen LogP contribution in [0.5, 0.6) is 0 Å². The van der Waals surface area contributed by atoms with Gasteiger partial charge < -0.3 is 19.8 Å². The Balaban J connectivity index is 1.67. The summed E-state index contributed by atoms with van der Waals surface area (Å²) in [7, 11) is 0. The molecule has 1 amide bonds. The van der Waals surface area contributed by atoms with E-state index < -0.39 is 10.8 Å². The molecule has 1 unspecified atom stereocenters. The molecular weight excluding hydrogens is 280 g/mol. The van der Waals surface area contributed by atoms with Gasteiger partial charge in [0.25, 0.3) is 5.91 Å². The van der Waals surface area contributed by atoms with Crippen LogP contribution >= 0.6 is 0 Å². The van der Waals surface area contributed by atoms with Crippen LogP contribution in [0, 0.1) is 10.1 Å². The van der Waals surface area contributed by atoms with Crippen molar-refractivity contribution >= 4 is 17.7 Å². The maximum Gasteiger partial charge on any atom is 0.322 e. The third-order valence-corrected chi connectivity index (χ3v) is 3.13. The van der Waals surface area contributed by atoms with E-state index in [-0.39, 0.29) is 23.6 Å². The van der Waals surface area contributed by atoms with Crippen LogP contribution in [0.2, 0.25) is 0 Å². The van der Waals surface area contributed by atoms with Crippen LogP contribution in [0.3, 0.4) is 0 Å². The summed E-state index contributed by atoms with van der Waals surface area (Å²) in [5.41, 5.74) is 0.0421. The normalized spacial score (nSPS) is 17.8. The Kier molecular flexibility index (Phi) is 3.36. The maximum atomic E-state index is 11.9. The summed E-state index contributed by atoms with van der Waals surface area (Å²) in [6.45, 7) is 0.890. The van der Waals surface area contributed by atoms with E-state index in [4.69, 9.17) is 4.42 Å². The fraction of sp³-hybridized carbons (Fsp3) is 0.364. The molecule has 21 heavy (non-hydrogen) atoms. The van der Waals surface area contributed by atoms with Crippen molar-refractivity contribution in [3.05, 3.63) is 33.8 Å². The van der Waals surface area contributed by atoms with E-state index >= 15 is 0 Å². The average Bonchev–Trinajstić information content (AvgIpc) is 3.19. The quantitative estimate of drug-likeness (QED) is 0.563. The number of hydrogen-bond acceptors (Lipinski definition) is 7. The van der Waals surface area contributed by atoms with Crippen LogP contribution < -0.4 is 10.6 Å². The van der Waals surface area contributed by atoms with Crippen LogP contribution in [0.4, 0.5) is 11.8 Å². The number of nitrogens with one attached hydrogen (secondary N) is 3. The zero-order valence-corrected chi connectivity index (χ0v) is 10.8. The minimum absolute atomic E-state index is 0.00901. The zero-order valence-electron chi connectivity index (χ0n) is 10.8. The number of nitrogens with zero attached hydrogens (tertiary/aromatic N) is 3. The summed E-state index contributed by atoms with van der Waals surface area (Å²) >= 11 is 0. The molecular formula is C11H12N6O4. The van der Waals surface area contributed by atoms with Gasteiger partial charge in [-0.05, 0) is 30.4 Å². The predicted molar refractivity (Wildman–Crippen MR) is 69.7 cm³/mol. The van der Waals surface area contributed by atoms with Gasteiger partial charge in [-0.1, -0.05) is 5.10 Å². The monoisotopic (exact) mass is 292 g/mol. The molecule has 1 aliphatic heterocycles. The van der Waals surface area contributed by atoms with Crippen LogP contribution in [-0.2, 0) is 0 Å². The first-order valence-corrected chi connectivity index (χ1v) is 6.35. The second-order valence-corrected chi connectivity index (χ2v) is 4.56. The summed E-state index contributed by atoms with van der Waals surface area (Å²) in [4.78, 5) is 24.2. The minimum atomic E-state index is -0.618. The van der Waals surface area contributed by atoms with E-state index in [0.29, 0.717) is 5.89 Å². The highest BCUT2D eigenvalue weighted by atomic mass is 16.6. The summed E-state index contributed by atoms with van der Waals surface area (Å²) in [6.07, 6.45) is 1.93. The van der Waals surface area contributed by atoms with Crippen LogP contribution in [0.25, 0.3) is 0 Å². The number of anilines is 1. The molecule has 3 rings (SSSR count). The molecule has 1 atom stereocenters. The van der Waals surface area contributed by atoms with Gasteiger partial charge in [-0.2, -0.15) is 0 Å². The Bertz CT molecular complexity index is 672. The zero-order chi connectivity index (χ0) is 14.8. The van der Waals surface area contributed by atoms with Crippen molar-refractivity contribution in [2.45, 2.75) is 18.9 Å². The van der Waals surface area contributed by atoms with Crippen molar-refractivity contribution in [2.24, 2.45) is 0 Å². The van der Waals surface area contributed by atoms with Gasteiger partial charge in [-0.3, -0.25) is 10.1 Å². The summed E-state index contributed by atoms with van der Waals surface area (Å²) in [6, 6.07) is 2.48. The van der Waals surface area contributed by atoms with Crippen molar-refractivity contribution < 1.29 is 14.1 Å². The number of amides is 1. The lowest BCUT2D eigenvalue weighted by molar-refractivity contribution is -0.389. The van der Waals surface area contributed by atoms with Crippen molar-refractivity contribution in [3.63, 3.8) is 0 Å². The maximum absolute atomic E-state index is 11.9. The fourth-order valence-corrected chi connectivity index (χ4v) is 2.11. The Labute approximate surface area is 118 Å². The number of carbonyl (C=O) groups excluding carboxylic acids is 1. The number of rotatable bonds is 4. The summed E-state index contributed by atoms with van der Waals surface area (Å²) < 4.78 is 5.35. The highest BCUT2D eigenvalue weighted by molar-refractivity contribution is 6.01. The molecule has 2 aromatic heterocycles. The lowest BCUT2D eigenvalue weighted by atomic mass is 10.2. The van der Waals surface area contributed by atoms with Crippen molar-refractivity contribution in [1.82, 2.24) is 20.5 Å². The van der Waals surface area contributed by atoms with Gasteiger partial charge in [0.05, 0.1) is 6.04 Å². The number of H-pyrrole nitrogens is 1. The molecule has 0 saturated carbocycles. The number of nitro groups is 1. The topological polar surface area (TPSA) is 139 Å². The molecule has 0 bridgehead atoms. The summed E-state index contributed by atoms with van der Waals surface area (Å²) in [5, 5.41) is 23.7. The third kappa shape index (κ3) is 2.74. The van der Waals surface area contributed by atoms with Crippen LogP contribution in [0.15, 0.2) is 16.5 Å². The molecule has 0 aromatic carbocycles. The molecule has 3 heterocycles. The largest absolute Gasteiger partial charge is 0.406 e. The molecule has 1 aliphatic rings. The first-order chi connectivity index (χ1) is 10.1. The first kappa shape index (κ1) is 13.2. The molecule has 1 fully saturated rings. The van der Waals surface area contributed by atoms with Gasteiger partial charge in [0.2, 0.25) is 5.89 Å². The number of aromatic nitrogens is 3. The molecule has 110 valence electrons. The summed E-state index contributed by atoms with van der Waals surface area (Å²) in [5.74, 6) is -0.431. The molecule has 10 heteroatoms. The minimum Gasteiger partial charge on any atom is -0.406 e. The smallest absolute Gasteiger partial charge is 0.322 e. The van der Waals surface area contributed by atoms with Gasteiger partial charge in [-0.15, -0.1) is 5.10 Å². The predicted octanol–water partition coefficient (Wildman–Crippen LogP) is 0.983. The Hall–Kier alpha value is -2.75. The fourth-order valence-electron chi connectivity index (χ4n) is 2.11. The van der Waals surface area contributed by atoms with Crippen molar-refractivity contribution in [1.29, 1.82) is 0 Å². The number of hydrogen-bond donors (Lipinski definition) is 3. The Morgan fingerprint density at radius 2 is 2.33 bits per heavy atom. The lowest BCUT2D eigenvalue weighted by Crippen LogP contribution is -2.13. The van der Waals surface area contributed by atoms with Gasteiger partial charge >= 0.3 is 11.8 Å². The molecule has 3 N–H and O–H groups in total. The van der Waals surface area contributed by atoms with Crippen molar-refractivity contribution in [3.8, 4) is 0 Å². The Morgan fingerprint density at radius 3 is 3.00 bits per heavy atom. The first-order valence-electron chi connectivity index (χ1n) is 6.35. The van der Waals surface area contributed by atoms with Gasteiger partial charge in [0.15, 0.2) is 5.69 Å². The second-order valence-electron chi connectivity index (χ2n) is 4.56. The highest BCUT2D eigenvalue weighted by Gasteiger charge is 2.23. The van der Waals surface area contributed by atoms with E-state index in [2.05, 4.69) is 25.8 Å². The van der Waals surface area contributed by atoms with E-state index in [0.717, 1.165) is 19.4 Å².